The Morgan fingerprint density at radius 3 is 2.24 bits per heavy atom. The van der Waals surface area contributed by atoms with Gasteiger partial charge in [-0.25, -0.2) is 0 Å². The minimum atomic E-state index is -0.714. The largest absolute Gasteiger partial charge is 0.497 e. The van der Waals surface area contributed by atoms with Crippen LogP contribution in [-0.4, -0.2) is 38.8 Å². The fourth-order valence-electron chi connectivity index (χ4n) is 5.75. The van der Waals surface area contributed by atoms with Crippen LogP contribution in [0.1, 0.15) is 39.9 Å². The van der Waals surface area contributed by atoms with Crippen molar-refractivity contribution >= 4 is 16.8 Å². The number of rotatable bonds is 13. The fraction of sp³-hybridized carbons (Fsp3) is 0.216. The maximum absolute atomic E-state index is 13.7. The van der Waals surface area contributed by atoms with Crippen molar-refractivity contribution in [1.29, 1.82) is 0 Å². The number of aromatic amines is 1. The van der Waals surface area contributed by atoms with Crippen molar-refractivity contribution in [3.63, 3.8) is 0 Å². The number of hydrogen-bond donors (Lipinski definition) is 3. The summed E-state index contributed by atoms with van der Waals surface area (Å²) in [5, 5.41) is 13.8. The maximum atomic E-state index is 13.7. The average molecular weight is 599 g/mol. The van der Waals surface area contributed by atoms with E-state index in [4.69, 9.17) is 20.7 Å². The molecule has 228 valence electrons. The Morgan fingerprint density at radius 1 is 0.822 bits per heavy atom. The van der Waals surface area contributed by atoms with E-state index in [9.17, 15) is 4.79 Å². The van der Waals surface area contributed by atoms with Crippen molar-refractivity contribution in [3.8, 4) is 5.75 Å². The van der Waals surface area contributed by atoms with Gasteiger partial charge in [-0.1, -0.05) is 91.0 Å². The molecule has 0 fully saturated rings. The zero-order valence-corrected chi connectivity index (χ0v) is 25.4. The van der Waals surface area contributed by atoms with Gasteiger partial charge in [-0.2, -0.15) is 0 Å². The quantitative estimate of drug-likeness (QED) is 0.161. The fourth-order valence-corrected chi connectivity index (χ4v) is 5.75. The first kappa shape index (κ1) is 29.8. The Hall–Kier alpha value is -5.21. The van der Waals surface area contributed by atoms with E-state index >= 15 is 0 Å². The van der Waals surface area contributed by atoms with Crippen LogP contribution in [0, 0.1) is 0 Å². The molecule has 4 aromatic carbocycles. The van der Waals surface area contributed by atoms with Crippen LogP contribution in [0.4, 0.5) is 0 Å². The highest BCUT2D eigenvalue weighted by molar-refractivity contribution is 5.84. The van der Waals surface area contributed by atoms with Gasteiger partial charge in [0, 0.05) is 29.9 Å². The molecule has 2 heterocycles. The van der Waals surface area contributed by atoms with Crippen LogP contribution < -0.4 is 15.8 Å². The number of aryl methyl sites for hydroxylation is 2. The second-order valence-electron chi connectivity index (χ2n) is 11.3. The van der Waals surface area contributed by atoms with Gasteiger partial charge < -0.3 is 25.3 Å². The second kappa shape index (κ2) is 14.1. The number of nitrogens with zero attached hydrogens (tertiary/aromatic N) is 3. The Balaban J connectivity index is 1.35. The number of hydrogen-bond acceptors (Lipinski definition) is 5. The maximum Gasteiger partial charge on any atom is 0.237 e. The molecule has 1 amide bonds. The molecule has 45 heavy (non-hydrogen) atoms. The third-order valence-corrected chi connectivity index (χ3v) is 8.20. The zero-order valence-electron chi connectivity index (χ0n) is 25.4. The van der Waals surface area contributed by atoms with E-state index in [1.807, 2.05) is 91.1 Å². The topological polar surface area (TPSA) is 111 Å². The van der Waals surface area contributed by atoms with Crippen LogP contribution in [0.5, 0.6) is 5.75 Å². The normalized spacial score (nSPS) is 12.6. The van der Waals surface area contributed by atoms with Gasteiger partial charge in [-0.15, -0.1) is 10.2 Å². The Labute approximate surface area is 263 Å². The van der Waals surface area contributed by atoms with E-state index < -0.39 is 12.1 Å². The first-order valence-corrected chi connectivity index (χ1v) is 15.3. The average Bonchev–Trinajstić information content (AvgIpc) is 3.68. The lowest BCUT2D eigenvalue weighted by Crippen LogP contribution is -2.44. The van der Waals surface area contributed by atoms with Crippen molar-refractivity contribution in [2.24, 2.45) is 5.73 Å². The highest BCUT2D eigenvalue weighted by atomic mass is 16.5. The Bertz CT molecular complexity index is 1830. The number of para-hydroxylation sites is 1. The van der Waals surface area contributed by atoms with E-state index in [0.29, 0.717) is 31.6 Å². The molecule has 8 heteroatoms. The van der Waals surface area contributed by atoms with Crippen LogP contribution in [0.2, 0.25) is 0 Å². The highest BCUT2D eigenvalue weighted by Crippen LogP contribution is 2.26. The van der Waals surface area contributed by atoms with Gasteiger partial charge in [0.25, 0.3) is 0 Å². The molecule has 6 rings (SSSR count). The van der Waals surface area contributed by atoms with Crippen molar-refractivity contribution in [3.05, 3.63) is 149 Å². The molecule has 0 aliphatic rings. The van der Waals surface area contributed by atoms with Crippen molar-refractivity contribution in [2.75, 3.05) is 7.11 Å². The summed E-state index contributed by atoms with van der Waals surface area (Å²) in [5.41, 5.74) is 11.9. The molecule has 0 aliphatic heterocycles. The number of nitrogens with two attached hydrogens (primary N) is 1. The van der Waals surface area contributed by atoms with E-state index in [1.165, 1.54) is 5.56 Å². The Morgan fingerprint density at radius 2 is 1.51 bits per heavy atom. The summed E-state index contributed by atoms with van der Waals surface area (Å²) in [5.74, 6) is 2.12. The predicted molar refractivity (Wildman–Crippen MR) is 177 cm³/mol. The molecule has 0 unspecified atom stereocenters. The number of benzene rings is 4. The molecule has 0 aliphatic carbocycles. The number of methoxy groups -OCH3 is 1. The summed E-state index contributed by atoms with van der Waals surface area (Å²) in [4.78, 5) is 17.0. The van der Waals surface area contributed by atoms with Crippen LogP contribution in [0.25, 0.3) is 10.9 Å². The minimum Gasteiger partial charge on any atom is -0.497 e. The minimum absolute atomic E-state index is 0.228. The van der Waals surface area contributed by atoms with Crippen LogP contribution in [-0.2, 0) is 37.0 Å². The number of carbonyl (C=O) groups excluding carboxylic acids is 1. The lowest BCUT2D eigenvalue weighted by molar-refractivity contribution is -0.123. The molecule has 0 spiro atoms. The van der Waals surface area contributed by atoms with Crippen LogP contribution in [0.15, 0.2) is 115 Å². The highest BCUT2D eigenvalue weighted by Gasteiger charge is 2.27. The van der Waals surface area contributed by atoms with Gasteiger partial charge >= 0.3 is 0 Å². The number of aromatic nitrogens is 4. The monoisotopic (exact) mass is 598 g/mol. The zero-order chi connectivity index (χ0) is 31.0. The van der Waals surface area contributed by atoms with E-state index in [0.717, 1.165) is 45.6 Å². The number of amides is 1. The molecule has 0 bridgehead atoms. The molecular weight excluding hydrogens is 560 g/mol. The molecule has 0 radical (unpaired) electrons. The summed E-state index contributed by atoms with van der Waals surface area (Å²) in [6, 6.07) is 35.2. The lowest BCUT2D eigenvalue weighted by atomic mass is 10.0. The van der Waals surface area contributed by atoms with Gasteiger partial charge in [-0.05, 0) is 53.3 Å². The van der Waals surface area contributed by atoms with Gasteiger partial charge in [-0.3, -0.25) is 4.79 Å². The van der Waals surface area contributed by atoms with Gasteiger partial charge in [0.15, 0.2) is 5.82 Å². The summed E-state index contributed by atoms with van der Waals surface area (Å²) >= 11 is 0. The molecular formula is C37H38N6O2. The number of ether oxygens (including phenoxy) is 1. The van der Waals surface area contributed by atoms with Gasteiger partial charge in [0.1, 0.15) is 11.6 Å². The summed E-state index contributed by atoms with van der Waals surface area (Å²) in [6.45, 7) is 0.548. The third-order valence-electron chi connectivity index (χ3n) is 8.20. The molecule has 0 saturated heterocycles. The van der Waals surface area contributed by atoms with E-state index in [-0.39, 0.29) is 5.91 Å². The number of nitrogens with one attached hydrogen (secondary N) is 2. The molecule has 8 nitrogen and oxygen atoms in total. The molecule has 4 N–H and O–H groups in total. The summed E-state index contributed by atoms with van der Waals surface area (Å²) in [7, 11) is 1.66. The second-order valence-corrected chi connectivity index (χ2v) is 11.3. The van der Waals surface area contributed by atoms with Crippen LogP contribution in [0.3, 0.4) is 0 Å². The molecule has 0 saturated carbocycles. The summed E-state index contributed by atoms with van der Waals surface area (Å²) in [6.07, 6.45) is 4.49. The molecule has 6 aromatic rings. The third kappa shape index (κ3) is 7.30. The number of carbonyl (C=O) groups is 1. The van der Waals surface area contributed by atoms with Crippen molar-refractivity contribution < 1.29 is 9.53 Å². The summed E-state index contributed by atoms with van der Waals surface area (Å²) < 4.78 is 7.53. The van der Waals surface area contributed by atoms with E-state index in [2.05, 4.69) is 39.1 Å². The number of H-pyrrole nitrogens is 1. The standard InChI is InChI=1S/C37H38N6O2/c1-45-30-19-16-28(17-20-30)25-43-35(21-18-26-10-4-2-5-11-26)41-42-36(43)34(23-29-24-39-33-15-9-8-14-31(29)33)40-37(44)32(38)22-27-12-6-3-7-13-27/h2-17,19-20,24,32,34,39H,18,21-23,25,38H2,1H3,(H,40,44)/t32-,34+/m0/s1. The SMILES string of the molecule is COc1ccc(Cn2c(CCc3ccccc3)nnc2[C@@H](Cc2c[nH]c3ccccc23)NC(=O)[C@@H](N)Cc2ccccc2)cc1. The number of fused-ring (bicyclic) bond motifs is 1. The van der Waals surface area contributed by atoms with Crippen molar-refractivity contribution in [2.45, 2.75) is 44.3 Å². The van der Waals surface area contributed by atoms with Gasteiger partial charge in [0.05, 0.1) is 25.7 Å². The lowest BCUT2D eigenvalue weighted by Gasteiger charge is -2.22. The first-order valence-electron chi connectivity index (χ1n) is 15.3. The van der Waals surface area contributed by atoms with Crippen LogP contribution >= 0.6 is 0 Å². The van der Waals surface area contributed by atoms with E-state index in [1.54, 1.807) is 7.11 Å². The molecule has 2 atom stereocenters. The smallest absolute Gasteiger partial charge is 0.237 e. The first-order chi connectivity index (χ1) is 22.1. The van der Waals surface area contributed by atoms with Crippen molar-refractivity contribution in [1.82, 2.24) is 25.1 Å². The predicted octanol–water partition coefficient (Wildman–Crippen LogP) is 5.57. The molecule has 2 aromatic heterocycles. The Kier molecular flexibility index (Phi) is 9.32. The van der Waals surface area contributed by atoms with Gasteiger partial charge in [0.2, 0.25) is 5.91 Å².